The smallest absolute Gasteiger partial charge is 0.320 e. The first kappa shape index (κ1) is 41.5. The predicted molar refractivity (Wildman–Crippen MR) is 215 cm³/mol. The number of urea groups is 1. The molecule has 3 amide bonds. The van der Waals surface area contributed by atoms with E-state index in [1.807, 2.05) is 71.0 Å². The molecular weight excluding hydrogens is 729 g/mol. The number of phenolic OH excluding ortho intramolecular Hbond substituents is 1. The molecule has 0 unspecified atom stereocenters. The molecule has 0 radical (unpaired) electrons. The average molecular weight is 777 g/mol. The average Bonchev–Trinajstić information content (AvgIpc) is 3.10. The second-order valence-electron chi connectivity index (χ2n) is 14.0. The normalized spacial score (nSPS) is 12.1. The largest absolute Gasteiger partial charge is 0.506 e. The van der Waals surface area contributed by atoms with Crippen LogP contribution in [-0.4, -0.2) is 59.5 Å². The molecule has 1 heterocycles. The topological polar surface area (TPSA) is 163 Å². The number of carbonyl (C=O) groups is 2. The lowest BCUT2D eigenvalue weighted by Crippen LogP contribution is -2.39. The summed E-state index contributed by atoms with van der Waals surface area (Å²) in [6.07, 6.45) is 1.56. The van der Waals surface area contributed by atoms with Gasteiger partial charge in [-0.2, -0.15) is 0 Å². The summed E-state index contributed by atoms with van der Waals surface area (Å²) in [6, 6.07) is 18.2. The number of phenols is 1. The van der Waals surface area contributed by atoms with Crippen molar-refractivity contribution in [2.45, 2.75) is 47.8 Å². The summed E-state index contributed by atoms with van der Waals surface area (Å²) in [7, 11) is 3.85. The highest BCUT2D eigenvalue weighted by atomic mass is 35.5. The van der Waals surface area contributed by atoms with Crippen molar-refractivity contribution in [2.24, 2.45) is 16.1 Å². The lowest BCUT2D eigenvalue weighted by Gasteiger charge is -2.19. The van der Waals surface area contributed by atoms with E-state index in [2.05, 4.69) is 20.9 Å². The number of pyridine rings is 1. The van der Waals surface area contributed by atoms with Crippen LogP contribution in [0.3, 0.4) is 0 Å². The highest BCUT2D eigenvalue weighted by Gasteiger charge is 2.19. The molecular formula is C40H47Cl2N7O5. The molecule has 3 aromatic carbocycles. The number of aryl methyl sites for hydroxylation is 2. The Kier molecular flexibility index (Phi) is 13.9. The molecule has 12 nitrogen and oxygen atoms in total. The maximum atomic E-state index is 13.7. The van der Waals surface area contributed by atoms with Crippen molar-refractivity contribution in [1.29, 1.82) is 0 Å². The van der Waals surface area contributed by atoms with E-state index in [-0.39, 0.29) is 46.4 Å². The van der Waals surface area contributed by atoms with Gasteiger partial charge in [0.05, 0.1) is 16.4 Å². The number of benzene rings is 3. The van der Waals surface area contributed by atoms with Crippen LogP contribution in [-0.2, 0) is 13.2 Å². The number of nitrogens with zero attached hydrogens (tertiary/aromatic N) is 3. The molecule has 0 aliphatic rings. The highest BCUT2D eigenvalue weighted by Crippen LogP contribution is 2.29. The summed E-state index contributed by atoms with van der Waals surface area (Å²) in [6.45, 7) is 10.8. The van der Waals surface area contributed by atoms with Crippen molar-refractivity contribution in [3.05, 3.63) is 127 Å². The molecule has 0 spiro atoms. The second-order valence-corrected chi connectivity index (χ2v) is 14.8. The van der Waals surface area contributed by atoms with Gasteiger partial charge in [0.1, 0.15) is 29.0 Å². The number of nitrogens with one attached hydrogen (secondary N) is 3. The van der Waals surface area contributed by atoms with Crippen LogP contribution in [0, 0.1) is 19.3 Å². The summed E-state index contributed by atoms with van der Waals surface area (Å²) < 4.78 is 7.56. The number of aromatic nitrogens is 1. The van der Waals surface area contributed by atoms with Gasteiger partial charge in [0.2, 0.25) is 0 Å². The van der Waals surface area contributed by atoms with Crippen molar-refractivity contribution in [1.82, 2.24) is 25.4 Å². The van der Waals surface area contributed by atoms with Crippen LogP contribution in [0.1, 0.15) is 53.5 Å². The van der Waals surface area contributed by atoms with Crippen molar-refractivity contribution < 1.29 is 19.4 Å². The fraction of sp³-hybridized carbons (Fsp3) is 0.300. The fourth-order valence-electron chi connectivity index (χ4n) is 5.10. The molecule has 0 aliphatic heterocycles. The number of amidine groups is 1. The molecule has 286 valence electrons. The SMILES string of the molecule is Cc1ccc(C(=O)NCCN(C)C)cc1-n1c(C)cc(OCc2ccccc2CNC(=O)NC(C=C(N)C(C)(C)C)=Nc2ccc(Cl)c(O)c2)c(Cl)c1=O. The van der Waals surface area contributed by atoms with Crippen LogP contribution in [0.4, 0.5) is 10.5 Å². The summed E-state index contributed by atoms with van der Waals surface area (Å²) in [5.41, 5.74) is 10.1. The Balaban J connectivity index is 1.49. The van der Waals surface area contributed by atoms with E-state index < -0.39 is 17.0 Å². The molecule has 0 atom stereocenters. The number of halogens is 2. The Bertz CT molecular complexity index is 2140. The van der Waals surface area contributed by atoms with Crippen LogP contribution in [0.2, 0.25) is 10.0 Å². The molecule has 6 N–H and O–H groups in total. The van der Waals surface area contributed by atoms with E-state index >= 15 is 0 Å². The van der Waals surface area contributed by atoms with Gasteiger partial charge >= 0.3 is 6.03 Å². The van der Waals surface area contributed by atoms with Gasteiger partial charge in [-0.25, -0.2) is 9.79 Å². The highest BCUT2D eigenvalue weighted by molar-refractivity contribution is 6.32. The Morgan fingerprint density at radius 3 is 2.37 bits per heavy atom. The number of carbonyl (C=O) groups excluding carboxylic acids is 2. The molecule has 1 aromatic heterocycles. The second kappa shape index (κ2) is 18.2. The lowest BCUT2D eigenvalue weighted by molar-refractivity contribution is 0.0951. The maximum absolute atomic E-state index is 13.7. The van der Waals surface area contributed by atoms with Crippen molar-refractivity contribution in [2.75, 3.05) is 27.2 Å². The zero-order valence-electron chi connectivity index (χ0n) is 31.5. The molecule has 0 saturated heterocycles. The van der Waals surface area contributed by atoms with E-state index in [0.717, 1.165) is 16.7 Å². The van der Waals surface area contributed by atoms with Crippen molar-refractivity contribution in [3.8, 4) is 17.2 Å². The van der Waals surface area contributed by atoms with Gasteiger partial charge in [0.25, 0.3) is 11.5 Å². The number of ether oxygens (including phenoxy) is 1. The van der Waals surface area contributed by atoms with Gasteiger partial charge in [-0.15, -0.1) is 0 Å². The predicted octanol–water partition coefficient (Wildman–Crippen LogP) is 6.76. The molecule has 0 fully saturated rings. The van der Waals surface area contributed by atoms with Crippen LogP contribution in [0.5, 0.6) is 11.5 Å². The van der Waals surface area contributed by atoms with Gasteiger partial charge < -0.3 is 31.1 Å². The number of nitrogens with two attached hydrogens (primary N) is 1. The molecule has 0 saturated carbocycles. The minimum absolute atomic E-state index is 0.0569. The molecule has 0 bridgehead atoms. The molecule has 54 heavy (non-hydrogen) atoms. The zero-order chi connectivity index (χ0) is 39.7. The molecule has 0 aliphatic carbocycles. The van der Waals surface area contributed by atoms with Gasteiger partial charge in [-0.1, -0.05) is 74.3 Å². The molecule has 14 heteroatoms. The summed E-state index contributed by atoms with van der Waals surface area (Å²) in [4.78, 5) is 46.1. The van der Waals surface area contributed by atoms with Crippen LogP contribution in [0.25, 0.3) is 5.69 Å². The third kappa shape index (κ3) is 11.1. The standard InChI is InChI=1S/C40H47Cl2N7O5/c1-24-12-13-26(37(51)44-16-17-48(6)7)19-31(24)49-25(2)18-33(36(42)38(49)52)54-23-28-11-9-8-10-27(28)22-45-39(53)47-35(21-34(43)40(3,4)5)46-29-14-15-30(41)32(50)20-29/h8-15,18-21,50H,16-17,22-23,43H2,1-7H3,(H,44,51)(H2,45,46,47,53). The Hall–Kier alpha value is -5.30. The minimum Gasteiger partial charge on any atom is -0.506 e. The first-order valence-electron chi connectivity index (χ1n) is 17.2. The van der Waals surface area contributed by atoms with Gasteiger partial charge in [0.15, 0.2) is 0 Å². The third-order valence-electron chi connectivity index (χ3n) is 8.38. The number of allylic oxidation sites excluding steroid dienone is 1. The van der Waals surface area contributed by atoms with E-state index in [1.165, 1.54) is 16.7 Å². The van der Waals surface area contributed by atoms with Crippen molar-refractivity contribution in [3.63, 3.8) is 0 Å². The van der Waals surface area contributed by atoms with Gasteiger partial charge in [-0.05, 0) is 68.9 Å². The number of aliphatic imine (C=N–C) groups is 1. The van der Waals surface area contributed by atoms with E-state index in [1.54, 1.807) is 43.3 Å². The van der Waals surface area contributed by atoms with Crippen LogP contribution < -0.4 is 32.0 Å². The summed E-state index contributed by atoms with van der Waals surface area (Å²) >= 11 is 12.6. The van der Waals surface area contributed by atoms with E-state index in [9.17, 15) is 19.5 Å². The van der Waals surface area contributed by atoms with Crippen LogP contribution in [0.15, 0.2) is 88.3 Å². The molecule has 4 rings (SSSR count). The van der Waals surface area contributed by atoms with Crippen molar-refractivity contribution >= 4 is 46.7 Å². The Morgan fingerprint density at radius 1 is 1.00 bits per heavy atom. The van der Waals surface area contributed by atoms with Gasteiger partial charge in [-0.3, -0.25) is 19.5 Å². The number of rotatable bonds is 12. The first-order valence-corrected chi connectivity index (χ1v) is 18.0. The number of amides is 3. The molecule has 4 aromatic rings. The maximum Gasteiger partial charge on any atom is 0.320 e. The summed E-state index contributed by atoms with van der Waals surface area (Å²) in [5, 5.41) is 18.6. The monoisotopic (exact) mass is 775 g/mol. The number of likely N-dealkylation sites (N-methyl/N-ethyl adjacent to an activating group) is 1. The Morgan fingerprint density at radius 2 is 1.70 bits per heavy atom. The number of aromatic hydroxyl groups is 1. The van der Waals surface area contributed by atoms with E-state index in [4.69, 9.17) is 33.7 Å². The fourth-order valence-corrected chi connectivity index (χ4v) is 5.42. The number of hydrogen-bond donors (Lipinski definition) is 5. The quantitative estimate of drug-likeness (QED) is 0.0785. The zero-order valence-corrected chi connectivity index (χ0v) is 33.0. The number of hydrogen-bond acceptors (Lipinski definition) is 8. The Labute approximate surface area is 325 Å². The van der Waals surface area contributed by atoms with Gasteiger partial charge in [0, 0.05) is 60.2 Å². The lowest BCUT2D eigenvalue weighted by atomic mass is 9.92. The third-order valence-corrected chi connectivity index (χ3v) is 9.04. The summed E-state index contributed by atoms with van der Waals surface area (Å²) in [5.74, 6) is -0.0368. The minimum atomic E-state index is -0.548. The van der Waals surface area contributed by atoms with E-state index in [0.29, 0.717) is 41.4 Å². The van der Waals surface area contributed by atoms with Crippen LogP contribution >= 0.6 is 23.2 Å². The first-order chi connectivity index (χ1) is 25.4.